The second-order valence-electron chi connectivity index (χ2n) is 7.00. The fourth-order valence-electron chi connectivity index (χ4n) is 2.92. The number of nitrogens with zero attached hydrogens (tertiary/aromatic N) is 3. The number of thiophene rings is 1. The van der Waals surface area contributed by atoms with Crippen molar-refractivity contribution in [1.82, 2.24) is 14.8 Å². The van der Waals surface area contributed by atoms with Crippen LogP contribution >= 0.6 is 23.1 Å². The molecule has 2 aromatic heterocycles. The SMILES string of the molecule is COC(=O)c1cc(C)sc1NC(=O)CSc1nnc(COc2cc(C)cc(C)c2)n1C. The second kappa shape index (κ2) is 9.97. The van der Waals surface area contributed by atoms with E-state index in [0.717, 1.165) is 21.8 Å². The zero-order valence-corrected chi connectivity index (χ0v) is 19.6. The Bertz CT molecular complexity index is 1090. The number of ether oxygens (including phenoxy) is 2. The molecule has 0 radical (unpaired) electrons. The maximum atomic E-state index is 12.4. The zero-order valence-electron chi connectivity index (χ0n) is 18.0. The van der Waals surface area contributed by atoms with E-state index in [-0.39, 0.29) is 18.3 Å². The van der Waals surface area contributed by atoms with Crippen LogP contribution in [0.2, 0.25) is 0 Å². The van der Waals surface area contributed by atoms with Gasteiger partial charge >= 0.3 is 5.97 Å². The van der Waals surface area contributed by atoms with Crippen molar-refractivity contribution in [3.8, 4) is 5.75 Å². The molecule has 3 rings (SSSR count). The third-order valence-corrected chi connectivity index (χ3v) is 6.32. The number of carbonyl (C=O) groups is 2. The number of hydrogen-bond donors (Lipinski definition) is 1. The van der Waals surface area contributed by atoms with Crippen molar-refractivity contribution in [1.29, 1.82) is 0 Å². The van der Waals surface area contributed by atoms with Crippen LogP contribution in [0.3, 0.4) is 0 Å². The fraction of sp³-hybridized carbons (Fsp3) is 0.333. The number of benzene rings is 1. The predicted octanol–water partition coefficient (Wildman–Crippen LogP) is 3.90. The van der Waals surface area contributed by atoms with Gasteiger partial charge < -0.3 is 19.4 Å². The molecule has 0 fully saturated rings. The number of amides is 1. The minimum absolute atomic E-state index is 0.126. The normalized spacial score (nSPS) is 10.7. The lowest BCUT2D eigenvalue weighted by Gasteiger charge is -2.08. The minimum atomic E-state index is -0.478. The Kier molecular flexibility index (Phi) is 7.34. The highest BCUT2D eigenvalue weighted by Gasteiger charge is 2.18. The van der Waals surface area contributed by atoms with Crippen molar-refractivity contribution >= 4 is 40.0 Å². The number of methoxy groups -OCH3 is 1. The summed E-state index contributed by atoms with van der Waals surface area (Å²) in [6.07, 6.45) is 0. The summed E-state index contributed by atoms with van der Waals surface area (Å²) in [5, 5.41) is 12.2. The van der Waals surface area contributed by atoms with Crippen molar-refractivity contribution in [3.05, 3.63) is 51.7 Å². The molecule has 1 N–H and O–H groups in total. The van der Waals surface area contributed by atoms with Crippen LogP contribution < -0.4 is 10.1 Å². The second-order valence-corrected chi connectivity index (χ2v) is 9.20. The van der Waals surface area contributed by atoms with Gasteiger partial charge in [-0.1, -0.05) is 17.8 Å². The minimum Gasteiger partial charge on any atom is -0.486 e. The number of aryl methyl sites for hydroxylation is 3. The summed E-state index contributed by atoms with van der Waals surface area (Å²) < 4.78 is 12.4. The summed E-state index contributed by atoms with van der Waals surface area (Å²) in [5.74, 6) is 0.842. The molecule has 31 heavy (non-hydrogen) atoms. The Balaban J connectivity index is 1.57. The van der Waals surface area contributed by atoms with Gasteiger partial charge in [-0.05, 0) is 50.1 Å². The van der Waals surface area contributed by atoms with Crippen LogP contribution in [0.25, 0.3) is 0 Å². The molecule has 0 unspecified atom stereocenters. The molecule has 164 valence electrons. The topological polar surface area (TPSA) is 95.3 Å². The van der Waals surface area contributed by atoms with Crippen molar-refractivity contribution < 1.29 is 19.1 Å². The number of aromatic nitrogens is 3. The number of anilines is 1. The van der Waals surface area contributed by atoms with Gasteiger partial charge in [0, 0.05) is 11.9 Å². The molecule has 8 nitrogen and oxygen atoms in total. The lowest BCUT2D eigenvalue weighted by atomic mass is 10.1. The van der Waals surface area contributed by atoms with Crippen LogP contribution in [0.1, 0.15) is 32.2 Å². The van der Waals surface area contributed by atoms with E-state index in [2.05, 4.69) is 21.6 Å². The van der Waals surface area contributed by atoms with Crippen LogP contribution in [0, 0.1) is 20.8 Å². The Labute approximate surface area is 189 Å². The molecule has 1 aromatic carbocycles. The molecule has 0 saturated heterocycles. The molecule has 0 aliphatic heterocycles. The molecule has 0 aliphatic rings. The molecule has 0 atom stereocenters. The van der Waals surface area contributed by atoms with Gasteiger partial charge in [0.15, 0.2) is 11.0 Å². The number of esters is 1. The first-order valence-corrected chi connectivity index (χ1v) is 11.3. The van der Waals surface area contributed by atoms with Crippen molar-refractivity contribution in [3.63, 3.8) is 0 Å². The Hall–Kier alpha value is -2.85. The molecule has 0 bridgehead atoms. The van der Waals surface area contributed by atoms with Gasteiger partial charge in [-0.3, -0.25) is 4.79 Å². The van der Waals surface area contributed by atoms with Gasteiger partial charge in [-0.25, -0.2) is 4.79 Å². The van der Waals surface area contributed by atoms with E-state index in [1.54, 1.807) is 10.6 Å². The highest BCUT2D eigenvalue weighted by atomic mass is 32.2. The van der Waals surface area contributed by atoms with Gasteiger partial charge in [-0.2, -0.15) is 0 Å². The van der Waals surface area contributed by atoms with Gasteiger partial charge in [0.2, 0.25) is 5.91 Å². The average Bonchev–Trinajstić information content (AvgIpc) is 3.25. The number of rotatable bonds is 8. The predicted molar refractivity (Wildman–Crippen MR) is 121 cm³/mol. The maximum Gasteiger partial charge on any atom is 0.340 e. The number of nitrogens with one attached hydrogen (secondary N) is 1. The molecule has 2 heterocycles. The van der Waals surface area contributed by atoms with E-state index in [1.165, 1.54) is 30.2 Å². The Morgan fingerprint density at radius 1 is 1.13 bits per heavy atom. The van der Waals surface area contributed by atoms with E-state index in [4.69, 9.17) is 9.47 Å². The first-order chi connectivity index (χ1) is 14.8. The van der Waals surface area contributed by atoms with E-state index in [9.17, 15) is 9.59 Å². The summed E-state index contributed by atoms with van der Waals surface area (Å²) in [5.41, 5.74) is 2.62. The molecular formula is C21H24N4O4S2. The van der Waals surface area contributed by atoms with E-state index in [0.29, 0.717) is 21.5 Å². The van der Waals surface area contributed by atoms with Crippen molar-refractivity contribution in [2.45, 2.75) is 32.5 Å². The van der Waals surface area contributed by atoms with Gasteiger partial charge in [-0.15, -0.1) is 21.5 Å². The Morgan fingerprint density at radius 3 is 2.52 bits per heavy atom. The molecule has 0 aliphatic carbocycles. The summed E-state index contributed by atoms with van der Waals surface area (Å²) in [7, 11) is 3.14. The molecule has 3 aromatic rings. The van der Waals surface area contributed by atoms with Crippen LogP contribution in [0.15, 0.2) is 29.4 Å². The molecular weight excluding hydrogens is 436 g/mol. The van der Waals surface area contributed by atoms with E-state index >= 15 is 0 Å². The summed E-state index contributed by atoms with van der Waals surface area (Å²) in [6, 6.07) is 7.72. The number of thioether (sulfide) groups is 1. The van der Waals surface area contributed by atoms with Crippen LogP contribution in [-0.2, 0) is 23.2 Å². The van der Waals surface area contributed by atoms with Crippen molar-refractivity contribution in [2.24, 2.45) is 7.05 Å². The zero-order chi connectivity index (χ0) is 22.5. The largest absolute Gasteiger partial charge is 0.486 e. The summed E-state index contributed by atoms with van der Waals surface area (Å²) in [6.45, 7) is 6.18. The summed E-state index contributed by atoms with van der Waals surface area (Å²) >= 11 is 2.59. The quantitative estimate of drug-likeness (QED) is 0.402. The monoisotopic (exact) mass is 460 g/mol. The third-order valence-electron chi connectivity index (χ3n) is 4.33. The van der Waals surface area contributed by atoms with Crippen molar-refractivity contribution in [2.75, 3.05) is 18.2 Å². The lowest BCUT2D eigenvalue weighted by molar-refractivity contribution is -0.113. The van der Waals surface area contributed by atoms with Crippen LogP contribution in [0.4, 0.5) is 5.00 Å². The van der Waals surface area contributed by atoms with Crippen LogP contribution in [0.5, 0.6) is 5.75 Å². The van der Waals surface area contributed by atoms with Gasteiger partial charge in [0.25, 0.3) is 0 Å². The maximum absolute atomic E-state index is 12.4. The van der Waals surface area contributed by atoms with Crippen LogP contribution in [-0.4, -0.2) is 39.5 Å². The highest BCUT2D eigenvalue weighted by molar-refractivity contribution is 7.99. The lowest BCUT2D eigenvalue weighted by Crippen LogP contribution is -2.16. The number of hydrogen-bond acceptors (Lipinski definition) is 8. The van der Waals surface area contributed by atoms with E-state index < -0.39 is 5.97 Å². The molecule has 10 heteroatoms. The first kappa shape index (κ1) is 22.8. The molecule has 0 saturated carbocycles. The smallest absolute Gasteiger partial charge is 0.340 e. The van der Waals surface area contributed by atoms with Gasteiger partial charge in [0.1, 0.15) is 17.4 Å². The fourth-order valence-corrected chi connectivity index (χ4v) is 4.57. The molecule has 0 spiro atoms. The van der Waals surface area contributed by atoms with Gasteiger partial charge in [0.05, 0.1) is 18.4 Å². The number of carbonyl (C=O) groups excluding carboxylic acids is 2. The first-order valence-electron chi connectivity index (χ1n) is 9.47. The average molecular weight is 461 g/mol. The summed E-state index contributed by atoms with van der Waals surface area (Å²) in [4.78, 5) is 25.2. The Morgan fingerprint density at radius 2 is 1.84 bits per heavy atom. The third kappa shape index (κ3) is 5.86. The standard InChI is InChI=1S/C21H24N4O4S2/c1-12-6-13(2)8-15(7-12)29-10-17-23-24-21(25(17)4)30-11-18(26)22-19-16(20(27)28-5)9-14(3)31-19/h6-9H,10-11H2,1-5H3,(H,22,26). The molecule has 1 amide bonds. The highest BCUT2D eigenvalue weighted by Crippen LogP contribution is 2.28. The van der Waals surface area contributed by atoms with E-state index in [1.807, 2.05) is 40.0 Å².